The van der Waals surface area contributed by atoms with Crippen molar-refractivity contribution in [3.63, 3.8) is 0 Å². The summed E-state index contributed by atoms with van der Waals surface area (Å²) in [5, 5.41) is 0. The van der Waals surface area contributed by atoms with Crippen molar-refractivity contribution >= 4 is 19.8 Å². The van der Waals surface area contributed by atoms with Crippen LogP contribution < -0.4 is 0 Å². The van der Waals surface area contributed by atoms with E-state index in [4.69, 9.17) is 0 Å². The highest BCUT2D eigenvalue weighted by molar-refractivity contribution is 8.01. The maximum atomic E-state index is 3.82. The van der Waals surface area contributed by atoms with Crippen molar-refractivity contribution in [2.45, 2.75) is 55.6 Å². The maximum Gasteiger partial charge on any atom is 0.0591 e. The summed E-state index contributed by atoms with van der Waals surface area (Å²) < 4.78 is 0. The Kier molecular flexibility index (Phi) is 6.23. The highest BCUT2D eigenvalue weighted by Crippen LogP contribution is 2.33. The van der Waals surface area contributed by atoms with Crippen LogP contribution in [0, 0.1) is 6.92 Å². The van der Waals surface area contributed by atoms with Crippen molar-refractivity contribution in [2.75, 3.05) is 0 Å². The zero-order chi connectivity index (χ0) is 13.6. The predicted molar refractivity (Wildman–Crippen MR) is 88.2 cm³/mol. The second-order valence-corrected chi connectivity index (χ2v) is 13.1. The van der Waals surface area contributed by atoms with Crippen molar-refractivity contribution in [3.8, 4) is 0 Å². The molecule has 2 heteroatoms. The van der Waals surface area contributed by atoms with Gasteiger partial charge in [-0.15, -0.1) is 18.3 Å². The lowest BCUT2D eigenvalue weighted by atomic mass is 10.2. The number of hydrogen-bond donors (Lipinski definition) is 0. The van der Waals surface area contributed by atoms with Crippen LogP contribution in [0.4, 0.5) is 0 Å². The van der Waals surface area contributed by atoms with E-state index < -0.39 is 8.07 Å². The molecular weight excluding hydrogens is 252 g/mol. The van der Waals surface area contributed by atoms with E-state index in [1.165, 1.54) is 23.3 Å². The molecule has 0 N–H and O–H groups in total. The van der Waals surface area contributed by atoms with Crippen molar-refractivity contribution in [3.05, 3.63) is 42.5 Å². The first kappa shape index (κ1) is 15.6. The van der Waals surface area contributed by atoms with E-state index in [9.17, 15) is 0 Å². The lowest BCUT2D eigenvalue weighted by molar-refractivity contribution is 0.788. The Morgan fingerprint density at radius 2 is 1.83 bits per heavy atom. The molecule has 0 bridgehead atoms. The zero-order valence-corrected chi connectivity index (χ0v) is 14.0. The Hall–Kier alpha value is -0.473. The van der Waals surface area contributed by atoms with Crippen LogP contribution in [-0.2, 0) is 0 Å². The molecule has 0 spiro atoms. The van der Waals surface area contributed by atoms with Gasteiger partial charge < -0.3 is 0 Å². The van der Waals surface area contributed by atoms with Gasteiger partial charge in [-0.3, -0.25) is 0 Å². The van der Waals surface area contributed by atoms with E-state index in [0.717, 1.165) is 11.3 Å². The molecule has 0 aliphatic heterocycles. The van der Waals surface area contributed by atoms with E-state index in [0.29, 0.717) is 0 Å². The van der Waals surface area contributed by atoms with Crippen molar-refractivity contribution in [1.82, 2.24) is 0 Å². The molecule has 0 heterocycles. The molecule has 0 saturated carbocycles. The van der Waals surface area contributed by atoms with Crippen LogP contribution in [0.15, 0.2) is 41.8 Å². The van der Waals surface area contributed by atoms with E-state index in [1.54, 1.807) is 0 Å². The second-order valence-electron chi connectivity index (χ2n) is 6.01. The molecule has 0 saturated heterocycles. The molecule has 18 heavy (non-hydrogen) atoms. The van der Waals surface area contributed by atoms with Crippen LogP contribution in [0.25, 0.3) is 0 Å². The fourth-order valence-electron chi connectivity index (χ4n) is 1.90. The molecule has 0 aromatic heterocycles. The van der Waals surface area contributed by atoms with Gasteiger partial charge in [-0.05, 0) is 38.3 Å². The average Bonchev–Trinajstić information content (AvgIpc) is 2.29. The Morgan fingerprint density at radius 1 is 1.22 bits per heavy atom. The Balaban J connectivity index is 2.66. The number of unbranched alkanes of at least 4 members (excludes halogenated alkanes) is 1. The molecule has 1 unspecified atom stereocenters. The van der Waals surface area contributed by atoms with Crippen molar-refractivity contribution in [2.24, 2.45) is 0 Å². The molecule has 1 aromatic carbocycles. The van der Waals surface area contributed by atoms with Crippen LogP contribution in [0.2, 0.25) is 19.6 Å². The molecule has 0 aliphatic carbocycles. The Bertz CT molecular complexity index is 362. The van der Waals surface area contributed by atoms with Gasteiger partial charge in [0.1, 0.15) is 0 Å². The fraction of sp³-hybridized carbons (Fsp3) is 0.500. The first-order valence-corrected chi connectivity index (χ1v) is 11.2. The summed E-state index contributed by atoms with van der Waals surface area (Å²) in [6.07, 6.45) is 5.78. The number of thioether (sulfide) groups is 1. The number of allylic oxidation sites excluding steroid dienone is 1. The molecule has 0 nitrogen and oxygen atoms in total. The third-order valence-electron chi connectivity index (χ3n) is 3.14. The van der Waals surface area contributed by atoms with Gasteiger partial charge in [-0.1, -0.05) is 43.4 Å². The fourth-order valence-corrected chi connectivity index (χ4v) is 5.70. The molecule has 1 rings (SSSR count). The summed E-state index contributed by atoms with van der Waals surface area (Å²) in [6, 6.07) is 8.96. The summed E-state index contributed by atoms with van der Waals surface area (Å²) in [5.74, 6) is 0. The summed E-state index contributed by atoms with van der Waals surface area (Å²) >= 11 is 2.08. The van der Waals surface area contributed by atoms with Crippen LogP contribution >= 0.6 is 11.8 Å². The van der Waals surface area contributed by atoms with Gasteiger partial charge in [-0.25, -0.2) is 0 Å². The van der Waals surface area contributed by atoms with Crippen LogP contribution in [0.5, 0.6) is 0 Å². The van der Waals surface area contributed by atoms with Gasteiger partial charge in [0.15, 0.2) is 0 Å². The summed E-state index contributed by atoms with van der Waals surface area (Å²) in [6.45, 7) is 13.4. The number of rotatable bonds is 7. The molecular formula is C16H26SSi. The van der Waals surface area contributed by atoms with Crippen molar-refractivity contribution < 1.29 is 0 Å². The molecule has 1 aromatic rings. The predicted octanol–water partition coefficient (Wildman–Crippen LogP) is 5.69. The zero-order valence-electron chi connectivity index (χ0n) is 12.2. The smallest absolute Gasteiger partial charge is 0.0591 e. The molecule has 0 fully saturated rings. The average molecular weight is 279 g/mol. The lowest BCUT2D eigenvalue weighted by Gasteiger charge is -2.28. The van der Waals surface area contributed by atoms with Crippen LogP contribution in [-0.4, -0.2) is 12.9 Å². The molecule has 0 radical (unpaired) electrons. The number of aryl methyl sites for hydroxylation is 1. The van der Waals surface area contributed by atoms with Gasteiger partial charge in [-0.2, -0.15) is 0 Å². The highest BCUT2D eigenvalue weighted by atomic mass is 32.2. The molecule has 0 amide bonds. The number of hydrogen-bond acceptors (Lipinski definition) is 1. The van der Waals surface area contributed by atoms with E-state index >= 15 is 0 Å². The SMILES string of the molecule is C=CCCCC(Sc1ccc(C)cc1)[Si](C)(C)C. The maximum absolute atomic E-state index is 3.82. The quantitative estimate of drug-likeness (QED) is 0.267. The van der Waals surface area contributed by atoms with Gasteiger partial charge in [0.2, 0.25) is 0 Å². The van der Waals surface area contributed by atoms with Crippen LogP contribution in [0.3, 0.4) is 0 Å². The largest absolute Gasteiger partial charge is 0.126 e. The Labute approximate surface area is 118 Å². The van der Waals surface area contributed by atoms with Gasteiger partial charge >= 0.3 is 0 Å². The number of benzene rings is 1. The monoisotopic (exact) mass is 278 g/mol. The summed E-state index contributed by atoms with van der Waals surface area (Å²) in [5.41, 5.74) is 1.34. The first-order valence-electron chi connectivity index (χ1n) is 6.77. The van der Waals surface area contributed by atoms with E-state index in [1.807, 2.05) is 6.08 Å². The Morgan fingerprint density at radius 3 is 2.33 bits per heavy atom. The third-order valence-corrected chi connectivity index (χ3v) is 8.90. The standard InChI is InChI=1S/C16H26SSi/c1-6-7-8-9-16(18(3,4)5)17-15-12-10-14(2)11-13-15/h6,10-13,16H,1,7-9H2,2-5H3. The topological polar surface area (TPSA) is 0 Å². The summed E-state index contributed by atoms with van der Waals surface area (Å²) in [4.78, 5) is 2.23. The molecule has 0 aliphatic rings. The van der Waals surface area contributed by atoms with Crippen LogP contribution in [0.1, 0.15) is 24.8 Å². The minimum Gasteiger partial charge on any atom is -0.126 e. The second kappa shape index (κ2) is 7.20. The lowest BCUT2D eigenvalue weighted by Crippen LogP contribution is -2.35. The highest BCUT2D eigenvalue weighted by Gasteiger charge is 2.26. The van der Waals surface area contributed by atoms with E-state index in [2.05, 4.69) is 69.2 Å². The minimum absolute atomic E-state index is 0.806. The first-order chi connectivity index (χ1) is 8.43. The molecule has 1 atom stereocenters. The molecule has 100 valence electrons. The van der Waals surface area contributed by atoms with E-state index in [-0.39, 0.29) is 0 Å². The van der Waals surface area contributed by atoms with Gasteiger partial charge in [0.05, 0.1) is 8.07 Å². The third kappa shape index (κ3) is 5.45. The van der Waals surface area contributed by atoms with Gasteiger partial charge in [0.25, 0.3) is 0 Å². The van der Waals surface area contributed by atoms with Crippen molar-refractivity contribution in [1.29, 1.82) is 0 Å². The summed E-state index contributed by atoms with van der Waals surface area (Å²) in [7, 11) is -1.10. The normalized spacial score (nSPS) is 13.3. The minimum atomic E-state index is -1.10. The van der Waals surface area contributed by atoms with Gasteiger partial charge in [0, 0.05) is 9.77 Å².